The van der Waals surface area contributed by atoms with Crippen molar-refractivity contribution >= 4 is 11.9 Å². The van der Waals surface area contributed by atoms with Crippen molar-refractivity contribution in [3.8, 4) is 5.95 Å². The van der Waals surface area contributed by atoms with E-state index in [4.69, 9.17) is 5.84 Å². The van der Waals surface area contributed by atoms with E-state index in [1.165, 1.54) is 4.68 Å². The van der Waals surface area contributed by atoms with Crippen molar-refractivity contribution in [2.24, 2.45) is 5.84 Å². The van der Waals surface area contributed by atoms with Crippen LogP contribution in [0.25, 0.3) is 5.95 Å². The van der Waals surface area contributed by atoms with E-state index >= 15 is 0 Å². The third-order valence-electron chi connectivity index (χ3n) is 2.88. The molecule has 0 saturated carbocycles. The molecule has 0 aliphatic carbocycles. The summed E-state index contributed by atoms with van der Waals surface area (Å²) in [4.78, 5) is 12.5. The van der Waals surface area contributed by atoms with Gasteiger partial charge in [-0.05, 0) is 19.4 Å². The Kier molecular flexibility index (Phi) is 4.66. The van der Waals surface area contributed by atoms with E-state index in [9.17, 15) is 5.11 Å². The van der Waals surface area contributed by atoms with Crippen molar-refractivity contribution in [2.45, 2.75) is 32.3 Å². The number of anilines is 2. The van der Waals surface area contributed by atoms with Gasteiger partial charge in [0.05, 0.1) is 5.60 Å². The second-order valence-electron chi connectivity index (χ2n) is 4.98. The molecule has 0 saturated heterocycles. The van der Waals surface area contributed by atoms with Gasteiger partial charge in [0.25, 0.3) is 5.95 Å². The maximum Gasteiger partial charge on any atom is 0.257 e. The van der Waals surface area contributed by atoms with Crippen LogP contribution in [-0.4, -0.2) is 42.0 Å². The zero-order chi connectivity index (χ0) is 15.3. The van der Waals surface area contributed by atoms with Crippen LogP contribution >= 0.6 is 0 Å². The van der Waals surface area contributed by atoms with Crippen molar-refractivity contribution in [1.82, 2.24) is 24.7 Å². The molecule has 0 aliphatic heterocycles. The van der Waals surface area contributed by atoms with Gasteiger partial charge in [-0.1, -0.05) is 13.3 Å². The van der Waals surface area contributed by atoms with E-state index < -0.39 is 5.60 Å². The first kappa shape index (κ1) is 15.1. The number of hydrazine groups is 1. The summed E-state index contributed by atoms with van der Waals surface area (Å²) in [5.74, 6) is 6.23. The number of aromatic nitrogens is 5. The van der Waals surface area contributed by atoms with Crippen LogP contribution in [0.2, 0.25) is 0 Å². The molecule has 9 nitrogen and oxygen atoms in total. The summed E-state index contributed by atoms with van der Waals surface area (Å²) >= 11 is 0. The van der Waals surface area contributed by atoms with Gasteiger partial charge < -0.3 is 10.4 Å². The highest BCUT2D eigenvalue weighted by Gasteiger charge is 2.19. The summed E-state index contributed by atoms with van der Waals surface area (Å²) in [5.41, 5.74) is 1.56. The molecule has 0 bridgehead atoms. The van der Waals surface area contributed by atoms with Crippen molar-refractivity contribution in [3.05, 3.63) is 18.5 Å². The first-order valence-electron chi connectivity index (χ1n) is 6.73. The van der Waals surface area contributed by atoms with Crippen LogP contribution in [0.3, 0.4) is 0 Å². The highest BCUT2D eigenvalue weighted by atomic mass is 16.3. The van der Waals surface area contributed by atoms with Gasteiger partial charge >= 0.3 is 0 Å². The largest absolute Gasteiger partial charge is 0.388 e. The number of nitrogens with zero attached hydrogens (tertiary/aromatic N) is 5. The summed E-state index contributed by atoms with van der Waals surface area (Å²) in [6.45, 7) is 4.11. The van der Waals surface area contributed by atoms with E-state index in [-0.39, 0.29) is 5.95 Å². The molecular weight excluding hydrogens is 272 g/mol. The fourth-order valence-electron chi connectivity index (χ4n) is 1.89. The van der Waals surface area contributed by atoms with E-state index in [1.807, 2.05) is 6.92 Å². The predicted molar refractivity (Wildman–Crippen MR) is 78.8 cm³/mol. The van der Waals surface area contributed by atoms with Gasteiger partial charge in [-0.3, -0.25) is 5.43 Å². The number of nitrogens with one attached hydrogen (secondary N) is 2. The van der Waals surface area contributed by atoms with Crippen molar-refractivity contribution in [3.63, 3.8) is 0 Å². The highest BCUT2D eigenvalue weighted by Crippen LogP contribution is 2.13. The minimum Gasteiger partial charge on any atom is -0.388 e. The average Bonchev–Trinajstić information content (AvgIpc) is 2.99. The summed E-state index contributed by atoms with van der Waals surface area (Å²) in [6, 6.07) is 1.76. The van der Waals surface area contributed by atoms with E-state index in [0.717, 1.165) is 6.42 Å². The zero-order valence-electron chi connectivity index (χ0n) is 12.1. The molecule has 1 atom stereocenters. The fraction of sp³-hybridized carbons (Fsp3) is 0.500. The van der Waals surface area contributed by atoms with Gasteiger partial charge in [-0.15, -0.1) is 0 Å². The Balaban J connectivity index is 2.18. The second kappa shape index (κ2) is 6.46. The van der Waals surface area contributed by atoms with E-state index in [2.05, 4.69) is 30.8 Å². The van der Waals surface area contributed by atoms with E-state index in [1.54, 1.807) is 25.4 Å². The van der Waals surface area contributed by atoms with Gasteiger partial charge in [0.1, 0.15) is 0 Å². The van der Waals surface area contributed by atoms with Crippen molar-refractivity contribution < 1.29 is 5.11 Å². The molecule has 2 rings (SSSR count). The Morgan fingerprint density at radius 3 is 2.71 bits per heavy atom. The first-order chi connectivity index (χ1) is 10.0. The smallest absolute Gasteiger partial charge is 0.257 e. The Hall–Kier alpha value is -2.26. The quantitative estimate of drug-likeness (QED) is 0.424. The molecule has 0 aliphatic rings. The van der Waals surface area contributed by atoms with Gasteiger partial charge in [0.15, 0.2) is 0 Å². The molecule has 0 fully saturated rings. The topological polar surface area (TPSA) is 127 Å². The lowest BCUT2D eigenvalue weighted by Crippen LogP contribution is -2.33. The third-order valence-corrected chi connectivity index (χ3v) is 2.88. The highest BCUT2D eigenvalue weighted by molar-refractivity contribution is 5.37. The van der Waals surface area contributed by atoms with Gasteiger partial charge in [-0.25, -0.2) is 10.5 Å². The maximum absolute atomic E-state index is 10.2. The molecule has 1 unspecified atom stereocenters. The summed E-state index contributed by atoms with van der Waals surface area (Å²) in [5, 5.41) is 17.2. The first-order valence-corrected chi connectivity index (χ1v) is 6.73. The molecule has 2 aromatic heterocycles. The monoisotopic (exact) mass is 292 g/mol. The Bertz CT molecular complexity index is 569. The van der Waals surface area contributed by atoms with Crippen LogP contribution < -0.4 is 16.6 Å². The van der Waals surface area contributed by atoms with Crippen LogP contribution in [0.4, 0.5) is 11.9 Å². The number of rotatable bonds is 7. The predicted octanol–water partition coefficient (Wildman–Crippen LogP) is 0.306. The molecule has 0 spiro atoms. The molecule has 9 heteroatoms. The molecule has 114 valence electrons. The van der Waals surface area contributed by atoms with Gasteiger partial charge in [-0.2, -0.15) is 20.1 Å². The van der Waals surface area contributed by atoms with Crippen molar-refractivity contribution in [2.75, 3.05) is 17.3 Å². The number of aliphatic hydroxyl groups is 1. The lowest BCUT2D eigenvalue weighted by atomic mass is 10.0. The SMILES string of the molecule is CCCC(C)(O)CNc1nc(NN)nc(-n2cccn2)n1. The van der Waals surface area contributed by atoms with Gasteiger partial charge in [0.2, 0.25) is 11.9 Å². The Morgan fingerprint density at radius 2 is 2.10 bits per heavy atom. The summed E-state index contributed by atoms with van der Waals surface area (Å²) in [6.07, 6.45) is 4.91. The van der Waals surface area contributed by atoms with Crippen LogP contribution in [0, 0.1) is 0 Å². The number of nitrogen functional groups attached to an aromatic ring is 1. The van der Waals surface area contributed by atoms with E-state index in [0.29, 0.717) is 24.9 Å². The molecule has 5 N–H and O–H groups in total. The molecule has 0 aromatic carbocycles. The fourth-order valence-corrected chi connectivity index (χ4v) is 1.89. The molecule has 21 heavy (non-hydrogen) atoms. The average molecular weight is 292 g/mol. The minimum atomic E-state index is -0.830. The third kappa shape index (κ3) is 4.10. The summed E-state index contributed by atoms with van der Waals surface area (Å²) in [7, 11) is 0. The van der Waals surface area contributed by atoms with Gasteiger partial charge in [0, 0.05) is 18.9 Å². The molecule has 2 aromatic rings. The molecule has 0 radical (unpaired) electrons. The zero-order valence-corrected chi connectivity index (χ0v) is 12.1. The number of nitrogens with two attached hydrogens (primary N) is 1. The maximum atomic E-state index is 10.2. The van der Waals surface area contributed by atoms with Crippen molar-refractivity contribution in [1.29, 1.82) is 0 Å². The lowest BCUT2D eigenvalue weighted by molar-refractivity contribution is 0.0635. The van der Waals surface area contributed by atoms with Crippen LogP contribution in [-0.2, 0) is 0 Å². The molecule has 2 heterocycles. The number of hydrogen-bond acceptors (Lipinski definition) is 8. The van der Waals surface area contributed by atoms with Crippen LogP contribution in [0.1, 0.15) is 26.7 Å². The van der Waals surface area contributed by atoms with Crippen LogP contribution in [0.15, 0.2) is 18.5 Å². The number of hydrogen-bond donors (Lipinski definition) is 4. The minimum absolute atomic E-state index is 0.216. The second-order valence-corrected chi connectivity index (χ2v) is 4.98. The Labute approximate surface area is 122 Å². The lowest BCUT2D eigenvalue weighted by Gasteiger charge is -2.22. The standard InChI is InChI=1S/C12H20N8O/c1-3-5-12(2,21)8-14-9-16-10(19-13)18-11(17-9)20-7-4-6-15-20/h4,6-7,21H,3,5,8,13H2,1-2H3,(H2,14,16,17,18,19). The Morgan fingerprint density at radius 1 is 1.33 bits per heavy atom. The molecular formula is C12H20N8O. The molecule has 0 amide bonds. The normalized spacial score (nSPS) is 13.7. The summed E-state index contributed by atoms with van der Waals surface area (Å²) < 4.78 is 1.50. The van der Waals surface area contributed by atoms with Crippen LogP contribution in [0.5, 0.6) is 0 Å².